The highest BCUT2D eigenvalue weighted by Crippen LogP contribution is 2.33. The van der Waals surface area contributed by atoms with E-state index >= 15 is 0 Å². The average molecular weight is 490 g/mol. The minimum absolute atomic E-state index is 0.252. The van der Waals surface area contributed by atoms with E-state index in [1.165, 1.54) is 36.8 Å². The molecular formula is C25H30F3N5S. The second kappa shape index (κ2) is 10.1. The van der Waals surface area contributed by atoms with Gasteiger partial charge in [0.1, 0.15) is 17.0 Å². The van der Waals surface area contributed by atoms with Gasteiger partial charge in [-0.3, -0.25) is 4.90 Å². The Bertz CT molecular complexity index is 1080. The van der Waals surface area contributed by atoms with Crippen LogP contribution in [0.25, 0.3) is 10.2 Å². The number of aromatic nitrogens is 2. The Morgan fingerprint density at radius 1 is 0.971 bits per heavy atom. The molecule has 4 heterocycles. The Kier molecular flexibility index (Phi) is 6.92. The molecule has 3 aromatic rings. The number of piperidine rings is 2. The van der Waals surface area contributed by atoms with E-state index in [1.807, 2.05) is 0 Å². The van der Waals surface area contributed by atoms with Gasteiger partial charge in [-0.15, -0.1) is 11.3 Å². The number of halogens is 3. The first-order valence-corrected chi connectivity index (χ1v) is 12.9. The number of alkyl halides is 3. The summed E-state index contributed by atoms with van der Waals surface area (Å²) in [5.41, 5.74) is 2.66. The van der Waals surface area contributed by atoms with E-state index in [2.05, 4.69) is 49.4 Å². The third-order valence-corrected chi connectivity index (χ3v) is 7.79. The van der Waals surface area contributed by atoms with E-state index in [0.29, 0.717) is 16.0 Å². The fourth-order valence-corrected chi connectivity index (χ4v) is 5.98. The predicted molar refractivity (Wildman–Crippen MR) is 132 cm³/mol. The quantitative estimate of drug-likeness (QED) is 0.470. The average Bonchev–Trinajstić information content (AvgIpc) is 3.23. The Labute approximate surface area is 202 Å². The molecule has 182 valence electrons. The van der Waals surface area contributed by atoms with Gasteiger partial charge in [-0.25, -0.2) is 9.97 Å². The lowest BCUT2D eigenvalue weighted by Gasteiger charge is -2.33. The lowest BCUT2D eigenvalue weighted by Crippen LogP contribution is -2.38. The van der Waals surface area contributed by atoms with E-state index in [4.69, 9.17) is 0 Å². The summed E-state index contributed by atoms with van der Waals surface area (Å²) in [4.78, 5) is 14.3. The lowest BCUT2D eigenvalue weighted by molar-refractivity contribution is -0.126. The van der Waals surface area contributed by atoms with E-state index < -0.39 is 12.6 Å². The van der Waals surface area contributed by atoms with E-state index in [0.717, 1.165) is 56.9 Å². The molecule has 9 heteroatoms. The van der Waals surface area contributed by atoms with Crippen molar-refractivity contribution in [2.24, 2.45) is 0 Å². The molecule has 2 aromatic heterocycles. The molecule has 1 N–H and O–H groups in total. The summed E-state index contributed by atoms with van der Waals surface area (Å²) < 4.78 is 38.4. The number of fused-ring (bicyclic) bond motifs is 1. The monoisotopic (exact) mass is 489 g/mol. The normalized spacial score (nSPS) is 18.5. The second-order valence-corrected chi connectivity index (χ2v) is 10.5. The van der Waals surface area contributed by atoms with Crippen molar-refractivity contribution in [3.8, 4) is 0 Å². The number of nitrogens with zero attached hydrogens (tertiary/aromatic N) is 4. The van der Waals surface area contributed by atoms with Crippen molar-refractivity contribution < 1.29 is 13.2 Å². The molecule has 0 aliphatic carbocycles. The first kappa shape index (κ1) is 23.4. The van der Waals surface area contributed by atoms with Crippen LogP contribution in [0.1, 0.15) is 42.5 Å². The summed E-state index contributed by atoms with van der Waals surface area (Å²) in [6, 6.07) is 10.8. The van der Waals surface area contributed by atoms with Gasteiger partial charge in [-0.05, 0) is 55.9 Å². The van der Waals surface area contributed by atoms with Crippen LogP contribution in [0.4, 0.5) is 24.7 Å². The zero-order valence-electron chi connectivity index (χ0n) is 19.2. The number of benzene rings is 1. The van der Waals surface area contributed by atoms with Crippen molar-refractivity contribution in [1.29, 1.82) is 0 Å². The summed E-state index contributed by atoms with van der Waals surface area (Å²) in [5.74, 6) is 0.640. The molecule has 1 aromatic carbocycles. The van der Waals surface area contributed by atoms with Gasteiger partial charge >= 0.3 is 6.18 Å². The molecule has 2 saturated heterocycles. The lowest BCUT2D eigenvalue weighted by atomic mass is 10.0. The molecule has 0 radical (unpaired) electrons. The minimum atomic E-state index is -4.22. The molecule has 5 rings (SSSR count). The van der Waals surface area contributed by atoms with Crippen LogP contribution in [-0.2, 0) is 13.0 Å². The third kappa shape index (κ3) is 5.81. The standard InChI is InChI=1S/C25H30F3N5S/c26-25(27,28)15-21-14-22-23(29-17-30-24(22)34-21)31-19-8-12-32(13-9-19)16-18-4-6-20(7-5-18)33-10-2-1-3-11-33/h4-7,14,17,19H,1-3,8-13,15-16H2,(H,29,30,31). The van der Waals surface area contributed by atoms with Crippen LogP contribution in [0, 0.1) is 0 Å². The predicted octanol–water partition coefficient (Wildman–Crippen LogP) is 5.86. The van der Waals surface area contributed by atoms with E-state index in [-0.39, 0.29) is 10.9 Å². The molecule has 0 amide bonds. The molecule has 34 heavy (non-hydrogen) atoms. The topological polar surface area (TPSA) is 44.3 Å². The summed E-state index contributed by atoms with van der Waals surface area (Å²) in [5, 5.41) is 4.15. The molecule has 0 bridgehead atoms. The van der Waals surface area contributed by atoms with Gasteiger partial charge < -0.3 is 10.2 Å². The summed E-state index contributed by atoms with van der Waals surface area (Å²) >= 11 is 1.09. The molecule has 0 unspecified atom stereocenters. The van der Waals surface area contributed by atoms with Gasteiger partial charge in [0.05, 0.1) is 11.8 Å². The number of rotatable bonds is 6. The highest BCUT2D eigenvalue weighted by molar-refractivity contribution is 7.18. The molecule has 0 atom stereocenters. The largest absolute Gasteiger partial charge is 0.393 e. The number of hydrogen-bond donors (Lipinski definition) is 1. The van der Waals surface area contributed by atoms with Gasteiger partial charge in [0.2, 0.25) is 0 Å². The fourth-order valence-electron chi connectivity index (χ4n) is 4.96. The number of likely N-dealkylation sites (tertiary alicyclic amines) is 1. The maximum atomic E-state index is 12.8. The zero-order chi connectivity index (χ0) is 23.5. The van der Waals surface area contributed by atoms with Crippen molar-refractivity contribution >= 4 is 33.1 Å². The van der Waals surface area contributed by atoms with Crippen molar-refractivity contribution in [3.63, 3.8) is 0 Å². The van der Waals surface area contributed by atoms with Gasteiger partial charge in [-0.1, -0.05) is 12.1 Å². The first-order chi connectivity index (χ1) is 16.4. The van der Waals surface area contributed by atoms with Crippen molar-refractivity contribution in [3.05, 3.63) is 47.1 Å². The Balaban J connectivity index is 1.15. The zero-order valence-corrected chi connectivity index (χ0v) is 20.0. The van der Waals surface area contributed by atoms with Gasteiger partial charge in [0, 0.05) is 49.3 Å². The van der Waals surface area contributed by atoms with Gasteiger partial charge in [0.15, 0.2) is 0 Å². The number of hydrogen-bond acceptors (Lipinski definition) is 6. The highest BCUT2D eigenvalue weighted by atomic mass is 32.1. The number of nitrogens with one attached hydrogen (secondary N) is 1. The summed E-state index contributed by atoms with van der Waals surface area (Å²) in [6.07, 6.45) is 2.13. The summed E-state index contributed by atoms with van der Waals surface area (Å²) in [7, 11) is 0. The van der Waals surface area contributed by atoms with Crippen LogP contribution in [-0.4, -0.2) is 53.3 Å². The molecule has 2 aliphatic rings. The number of thiophene rings is 1. The molecule has 0 spiro atoms. The van der Waals surface area contributed by atoms with Crippen LogP contribution >= 0.6 is 11.3 Å². The fraction of sp³-hybridized carbons (Fsp3) is 0.520. The van der Waals surface area contributed by atoms with E-state index in [1.54, 1.807) is 6.07 Å². The second-order valence-electron chi connectivity index (χ2n) is 9.35. The molecule has 2 fully saturated rings. The summed E-state index contributed by atoms with van der Waals surface area (Å²) in [6.45, 7) is 5.21. The SMILES string of the molecule is FC(F)(F)Cc1cc2c(NC3CCN(Cc4ccc(N5CCCCC5)cc4)CC3)ncnc2s1. The van der Waals surface area contributed by atoms with Crippen LogP contribution < -0.4 is 10.2 Å². The van der Waals surface area contributed by atoms with Crippen molar-refractivity contribution in [1.82, 2.24) is 14.9 Å². The Morgan fingerprint density at radius 3 is 2.41 bits per heavy atom. The first-order valence-electron chi connectivity index (χ1n) is 12.1. The maximum Gasteiger partial charge on any atom is 0.393 e. The van der Waals surface area contributed by atoms with E-state index in [9.17, 15) is 13.2 Å². The molecule has 5 nitrogen and oxygen atoms in total. The molecular weight excluding hydrogens is 459 g/mol. The van der Waals surface area contributed by atoms with Crippen LogP contribution in [0.5, 0.6) is 0 Å². The van der Waals surface area contributed by atoms with Gasteiger partial charge in [0.25, 0.3) is 0 Å². The minimum Gasteiger partial charge on any atom is -0.372 e. The van der Waals surface area contributed by atoms with Crippen LogP contribution in [0.2, 0.25) is 0 Å². The Hall–Kier alpha value is -2.39. The number of anilines is 2. The molecule has 0 saturated carbocycles. The maximum absolute atomic E-state index is 12.8. The van der Waals surface area contributed by atoms with Crippen LogP contribution in [0.15, 0.2) is 36.7 Å². The van der Waals surface area contributed by atoms with Crippen molar-refractivity contribution in [2.75, 3.05) is 36.4 Å². The molecule has 2 aliphatic heterocycles. The third-order valence-electron chi connectivity index (χ3n) is 6.75. The van der Waals surface area contributed by atoms with Crippen LogP contribution in [0.3, 0.4) is 0 Å². The Morgan fingerprint density at radius 2 is 1.71 bits per heavy atom. The van der Waals surface area contributed by atoms with Gasteiger partial charge in [-0.2, -0.15) is 13.2 Å². The highest BCUT2D eigenvalue weighted by Gasteiger charge is 2.29. The van der Waals surface area contributed by atoms with Crippen molar-refractivity contribution in [2.45, 2.75) is 57.3 Å². The smallest absolute Gasteiger partial charge is 0.372 e.